The van der Waals surface area contributed by atoms with E-state index in [9.17, 15) is 0 Å². The molecule has 110 valence electrons. The predicted molar refractivity (Wildman–Crippen MR) is 83.3 cm³/mol. The van der Waals surface area contributed by atoms with Crippen LogP contribution in [0.3, 0.4) is 0 Å². The van der Waals surface area contributed by atoms with E-state index in [1.54, 1.807) is 0 Å². The fourth-order valence-electron chi connectivity index (χ4n) is 2.05. The van der Waals surface area contributed by atoms with Crippen LogP contribution in [0.2, 0.25) is 0 Å². The predicted octanol–water partition coefficient (Wildman–Crippen LogP) is 2.61. The quantitative estimate of drug-likeness (QED) is 0.868. The van der Waals surface area contributed by atoms with Crippen molar-refractivity contribution in [1.29, 1.82) is 0 Å². The highest BCUT2D eigenvalue weighted by atomic mass is 16.5. The molecule has 4 heteroatoms. The van der Waals surface area contributed by atoms with Gasteiger partial charge in [0.15, 0.2) is 5.96 Å². The molecule has 0 saturated carbocycles. The van der Waals surface area contributed by atoms with Gasteiger partial charge < -0.3 is 15.4 Å². The lowest BCUT2D eigenvalue weighted by Gasteiger charge is -2.19. The first-order chi connectivity index (χ1) is 9.69. The zero-order valence-corrected chi connectivity index (χ0v) is 12.7. The van der Waals surface area contributed by atoms with Crippen molar-refractivity contribution in [2.75, 3.05) is 13.1 Å². The third kappa shape index (κ3) is 4.15. The SMILES string of the molecule is CCC(C)Oc1cc(C)ccc1CNC1=NCCCN1. The number of nitrogens with one attached hydrogen (secondary N) is 2. The Kier molecular flexibility index (Phi) is 5.27. The molecule has 1 aromatic carbocycles. The number of aliphatic imine (C=N–C) groups is 1. The first-order valence-corrected chi connectivity index (χ1v) is 7.47. The summed E-state index contributed by atoms with van der Waals surface area (Å²) in [6.45, 7) is 8.96. The number of aryl methyl sites for hydroxylation is 1. The highest BCUT2D eigenvalue weighted by Crippen LogP contribution is 2.22. The Balaban J connectivity index is 2.03. The number of hydrogen-bond donors (Lipinski definition) is 2. The summed E-state index contributed by atoms with van der Waals surface area (Å²) in [6.07, 6.45) is 2.35. The third-order valence-electron chi connectivity index (χ3n) is 3.47. The molecule has 0 aromatic heterocycles. The second-order valence-corrected chi connectivity index (χ2v) is 5.31. The van der Waals surface area contributed by atoms with Crippen molar-refractivity contribution >= 4 is 5.96 Å². The molecule has 0 fully saturated rings. The lowest BCUT2D eigenvalue weighted by molar-refractivity contribution is 0.215. The molecular formula is C16H25N3O. The van der Waals surface area contributed by atoms with Crippen molar-refractivity contribution in [3.8, 4) is 5.75 Å². The molecule has 1 aliphatic heterocycles. The molecule has 2 N–H and O–H groups in total. The van der Waals surface area contributed by atoms with Crippen LogP contribution in [0.1, 0.15) is 37.8 Å². The summed E-state index contributed by atoms with van der Waals surface area (Å²) in [7, 11) is 0. The average molecular weight is 275 g/mol. The molecule has 1 aromatic rings. The molecule has 4 nitrogen and oxygen atoms in total. The van der Waals surface area contributed by atoms with Crippen LogP contribution in [-0.2, 0) is 6.54 Å². The molecule has 0 aliphatic carbocycles. The lowest BCUT2D eigenvalue weighted by Crippen LogP contribution is -2.40. The standard InChI is InChI=1S/C16H25N3O/c1-4-13(3)20-15-10-12(2)6-7-14(15)11-19-16-17-8-5-9-18-16/h6-7,10,13H,4-5,8-9,11H2,1-3H3,(H2,17,18,19). The van der Waals surface area contributed by atoms with Gasteiger partial charge in [-0.2, -0.15) is 0 Å². The second-order valence-electron chi connectivity index (χ2n) is 5.31. The van der Waals surface area contributed by atoms with Crippen LogP contribution in [0.25, 0.3) is 0 Å². The molecule has 2 rings (SSSR count). The molecule has 0 spiro atoms. The molecule has 1 heterocycles. The molecule has 1 unspecified atom stereocenters. The molecule has 20 heavy (non-hydrogen) atoms. The Morgan fingerprint density at radius 1 is 1.45 bits per heavy atom. The average Bonchev–Trinajstić information content (AvgIpc) is 2.47. The first-order valence-electron chi connectivity index (χ1n) is 7.47. The Morgan fingerprint density at radius 2 is 2.30 bits per heavy atom. The lowest BCUT2D eigenvalue weighted by atomic mass is 10.1. The van der Waals surface area contributed by atoms with Gasteiger partial charge in [0.05, 0.1) is 6.10 Å². The maximum Gasteiger partial charge on any atom is 0.191 e. The smallest absolute Gasteiger partial charge is 0.191 e. The van der Waals surface area contributed by atoms with E-state index < -0.39 is 0 Å². The van der Waals surface area contributed by atoms with Gasteiger partial charge in [-0.3, -0.25) is 4.99 Å². The van der Waals surface area contributed by atoms with E-state index in [4.69, 9.17) is 4.74 Å². The van der Waals surface area contributed by atoms with Crippen LogP contribution in [-0.4, -0.2) is 25.2 Å². The number of guanidine groups is 1. The highest BCUT2D eigenvalue weighted by molar-refractivity contribution is 5.80. The van der Waals surface area contributed by atoms with Gasteiger partial charge in [0.2, 0.25) is 0 Å². The van der Waals surface area contributed by atoms with Gasteiger partial charge in [-0.25, -0.2) is 0 Å². The van der Waals surface area contributed by atoms with E-state index in [1.165, 1.54) is 11.1 Å². The molecule has 0 radical (unpaired) electrons. The van der Waals surface area contributed by atoms with Crippen LogP contribution >= 0.6 is 0 Å². The number of benzene rings is 1. The van der Waals surface area contributed by atoms with Crippen LogP contribution in [0.4, 0.5) is 0 Å². The largest absolute Gasteiger partial charge is 0.490 e. The summed E-state index contributed by atoms with van der Waals surface area (Å²) < 4.78 is 6.02. The van der Waals surface area contributed by atoms with Gasteiger partial charge in [0.25, 0.3) is 0 Å². The van der Waals surface area contributed by atoms with Gasteiger partial charge in [-0.1, -0.05) is 19.1 Å². The van der Waals surface area contributed by atoms with Crippen molar-refractivity contribution in [3.63, 3.8) is 0 Å². The maximum absolute atomic E-state index is 6.02. The highest BCUT2D eigenvalue weighted by Gasteiger charge is 2.09. The van der Waals surface area contributed by atoms with Crippen LogP contribution in [0.15, 0.2) is 23.2 Å². The molecule has 0 bridgehead atoms. The molecule has 1 aliphatic rings. The monoisotopic (exact) mass is 275 g/mol. The number of rotatable bonds is 5. The number of hydrogen-bond acceptors (Lipinski definition) is 4. The van der Waals surface area contributed by atoms with Crippen LogP contribution < -0.4 is 15.4 Å². The van der Waals surface area contributed by atoms with Crippen molar-refractivity contribution in [1.82, 2.24) is 10.6 Å². The molecular weight excluding hydrogens is 250 g/mol. The topological polar surface area (TPSA) is 45.6 Å². The summed E-state index contributed by atoms with van der Waals surface area (Å²) in [5, 5.41) is 6.62. The Hall–Kier alpha value is -1.71. The zero-order valence-electron chi connectivity index (χ0n) is 12.7. The fraction of sp³-hybridized carbons (Fsp3) is 0.562. The van der Waals surface area contributed by atoms with Crippen molar-refractivity contribution in [2.45, 2.75) is 46.3 Å². The Morgan fingerprint density at radius 3 is 3.00 bits per heavy atom. The van der Waals surface area contributed by atoms with Crippen molar-refractivity contribution in [2.24, 2.45) is 4.99 Å². The summed E-state index contributed by atoms with van der Waals surface area (Å²) >= 11 is 0. The van der Waals surface area contributed by atoms with Crippen LogP contribution in [0, 0.1) is 6.92 Å². The van der Waals surface area contributed by atoms with Gasteiger partial charge in [0, 0.05) is 25.2 Å². The third-order valence-corrected chi connectivity index (χ3v) is 3.47. The first kappa shape index (κ1) is 14.7. The van der Waals surface area contributed by atoms with Gasteiger partial charge in [-0.15, -0.1) is 0 Å². The fourth-order valence-corrected chi connectivity index (χ4v) is 2.05. The Labute approximate surface area is 121 Å². The van der Waals surface area contributed by atoms with Gasteiger partial charge >= 0.3 is 0 Å². The molecule has 0 saturated heterocycles. The summed E-state index contributed by atoms with van der Waals surface area (Å²) in [5.41, 5.74) is 2.39. The van der Waals surface area contributed by atoms with Crippen molar-refractivity contribution in [3.05, 3.63) is 29.3 Å². The maximum atomic E-state index is 6.02. The minimum atomic E-state index is 0.237. The summed E-state index contributed by atoms with van der Waals surface area (Å²) in [6, 6.07) is 6.36. The number of nitrogens with zero attached hydrogens (tertiary/aromatic N) is 1. The Bertz CT molecular complexity index is 471. The molecule has 0 amide bonds. The van der Waals surface area contributed by atoms with E-state index >= 15 is 0 Å². The van der Waals surface area contributed by atoms with Gasteiger partial charge in [-0.05, 0) is 38.3 Å². The summed E-state index contributed by atoms with van der Waals surface area (Å²) in [5.74, 6) is 1.87. The van der Waals surface area contributed by atoms with Gasteiger partial charge in [0.1, 0.15) is 5.75 Å². The van der Waals surface area contributed by atoms with E-state index in [2.05, 4.69) is 54.6 Å². The minimum absolute atomic E-state index is 0.237. The normalized spacial score (nSPS) is 16.1. The van der Waals surface area contributed by atoms with Crippen LogP contribution in [0.5, 0.6) is 5.75 Å². The van der Waals surface area contributed by atoms with E-state index in [1.807, 2.05) is 0 Å². The van der Waals surface area contributed by atoms with E-state index in [-0.39, 0.29) is 6.10 Å². The van der Waals surface area contributed by atoms with Crippen molar-refractivity contribution < 1.29 is 4.74 Å². The zero-order chi connectivity index (χ0) is 14.4. The summed E-state index contributed by atoms with van der Waals surface area (Å²) in [4.78, 5) is 4.42. The van der Waals surface area contributed by atoms with E-state index in [0.717, 1.165) is 44.2 Å². The van der Waals surface area contributed by atoms with E-state index in [0.29, 0.717) is 0 Å². The second kappa shape index (κ2) is 7.17. The number of ether oxygens (including phenoxy) is 1. The molecule has 1 atom stereocenters. The minimum Gasteiger partial charge on any atom is -0.490 e.